The molecule has 4 rings (SSSR count). The summed E-state index contributed by atoms with van der Waals surface area (Å²) in [7, 11) is 0. The van der Waals surface area contributed by atoms with Gasteiger partial charge in [-0.2, -0.15) is 0 Å². The number of hydrogen-bond donors (Lipinski definition) is 0. The Morgan fingerprint density at radius 3 is 1.96 bits per heavy atom. The standard InChI is InChI=1S/C21H17F2NO4/c1-2-28-20(27)21(10-3-11-21)12-4-6-13(7-5-12)24-18(25)16-14(22)8-9-15(23)17(16)19(24)26/h4-9H,2-3,10-11H2,1H3. The molecule has 0 radical (unpaired) electrons. The predicted molar refractivity (Wildman–Crippen MR) is 96.1 cm³/mol. The van der Waals surface area contributed by atoms with E-state index >= 15 is 0 Å². The molecule has 7 heteroatoms. The molecule has 0 unspecified atom stereocenters. The van der Waals surface area contributed by atoms with Crippen molar-refractivity contribution in [3.63, 3.8) is 0 Å². The summed E-state index contributed by atoms with van der Waals surface area (Å²) in [6.45, 7) is 2.03. The maximum Gasteiger partial charge on any atom is 0.316 e. The number of benzene rings is 2. The van der Waals surface area contributed by atoms with Crippen LogP contribution in [0.5, 0.6) is 0 Å². The predicted octanol–water partition coefficient (Wildman–Crippen LogP) is 3.75. The second kappa shape index (κ2) is 6.51. The Morgan fingerprint density at radius 1 is 1.00 bits per heavy atom. The first-order chi connectivity index (χ1) is 13.4. The highest BCUT2D eigenvalue weighted by Crippen LogP contribution is 2.45. The van der Waals surface area contributed by atoms with Crippen molar-refractivity contribution < 1.29 is 27.9 Å². The molecule has 0 spiro atoms. The molecular weight excluding hydrogens is 368 g/mol. The van der Waals surface area contributed by atoms with Crippen molar-refractivity contribution in [3.8, 4) is 0 Å². The van der Waals surface area contributed by atoms with Crippen LogP contribution in [0.1, 0.15) is 52.5 Å². The Morgan fingerprint density at radius 2 is 1.54 bits per heavy atom. The number of nitrogens with zero attached hydrogens (tertiary/aromatic N) is 1. The van der Waals surface area contributed by atoms with Crippen LogP contribution in [0.2, 0.25) is 0 Å². The zero-order valence-electron chi connectivity index (χ0n) is 15.1. The van der Waals surface area contributed by atoms with Gasteiger partial charge in [0.1, 0.15) is 11.6 Å². The molecule has 0 atom stereocenters. The van der Waals surface area contributed by atoms with Crippen molar-refractivity contribution in [2.75, 3.05) is 11.5 Å². The molecule has 1 aliphatic carbocycles. The molecule has 1 saturated carbocycles. The third-order valence-electron chi connectivity index (χ3n) is 5.49. The molecule has 0 saturated heterocycles. The van der Waals surface area contributed by atoms with Crippen LogP contribution in [0.15, 0.2) is 36.4 Å². The van der Waals surface area contributed by atoms with Crippen molar-refractivity contribution >= 4 is 23.5 Å². The summed E-state index contributed by atoms with van der Waals surface area (Å²) in [6.07, 6.45) is 2.22. The zero-order valence-corrected chi connectivity index (χ0v) is 15.1. The van der Waals surface area contributed by atoms with Crippen molar-refractivity contribution in [1.29, 1.82) is 0 Å². The molecule has 0 aromatic heterocycles. The number of halogens is 2. The van der Waals surface area contributed by atoms with Gasteiger partial charge in [0.2, 0.25) is 0 Å². The Kier molecular flexibility index (Phi) is 4.25. The van der Waals surface area contributed by atoms with E-state index in [1.165, 1.54) is 12.1 Å². The highest BCUT2D eigenvalue weighted by Gasteiger charge is 2.47. The third kappa shape index (κ3) is 2.46. The van der Waals surface area contributed by atoms with Crippen LogP contribution in [0, 0.1) is 11.6 Å². The van der Waals surface area contributed by atoms with Crippen LogP contribution in [-0.4, -0.2) is 24.4 Å². The number of ether oxygens (including phenoxy) is 1. The Labute approximate surface area is 159 Å². The minimum Gasteiger partial charge on any atom is -0.465 e. The summed E-state index contributed by atoms with van der Waals surface area (Å²) in [5.74, 6) is -3.99. The monoisotopic (exact) mass is 385 g/mol. The van der Waals surface area contributed by atoms with E-state index < -0.39 is 40.0 Å². The van der Waals surface area contributed by atoms with Crippen molar-refractivity contribution in [2.45, 2.75) is 31.6 Å². The zero-order chi connectivity index (χ0) is 20.1. The molecule has 1 fully saturated rings. The average molecular weight is 385 g/mol. The maximum atomic E-state index is 14.0. The van der Waals surface area contributed by atoms with Gasteiger partial charge in [0, 0.05) is 0 Å². The number of carbonyl (C=O) groups is 3. The molecule has 2 aliphatic rings. The second-order valence-corrected chi connectivity index (χ2v) is 6.93. The van der Waals surface area contributed by atoms with Gasteiger partial charge >= 0.3 is 5.97 Å². The maximum absolute atomic E-state index is 14.0. The van der Waals surface area contributed by atoms with Gasteiger partial charge < -0.3 is 4.74 Å². The minimum absolute atomic E-state index is 0.187. The molecule has 1 aliphatic heterocycles. The molecule has 2 amide bonds. The Hall–Kier alpha value is -3.09. The van der Waals surface area contributed by atoms with E-state index in [-0.39, 0.29) is 18.3 Å². The van der Waals surface area contributed by atoms with Gasteiger partial charge in [-0.1, -0.05) is 18.6 Å². The number of imide groups is 1. The van der Waals surface area contributed by atoms with Crippen LogP contribution in [0.25, 0.3) is 0 Å². The summed E-state index contributed by atoms with van der Waals surface area (Å²) in [5.41, 5.74) is -0.913. The van der Waals surface area contributed by atoms with Gasteiger partial charge in [0.15, 0.2) is 0 Å². The number of hydrogen-bond acceptors (Lipinski definition) is 4. The topological polar surface area (TPSA) is 63.7 Å². The van der Waals surface area contributed by atoms with Crippen LogP contribution in [-0.2, 0) is 14.9 Å². The van der Waals surface area contributed by atoms with E-state index in [2.05, 4.69) is 0 Å². The van der Waals surface area contributed by atoms with E-state index in [0.717, 1.165) is 29.0 Å². The average Bonchev–Trinajstić information content (AvgIpc) is 2.90. The highest BCUT2D eigenvalue weighted by molar-refractivity contribution is 6.34. The number of rotatable bonds is 4. The highest BCUT2D eigenvalue weighted by atomic mass is 19.1. The molecule has 0 N–H and O–H groups in total. The van der Waals surface area contributed by atoms with Gasteiger partial charge in [0.05, 0.1) is 28.8 Å². The number of esters is 1. The minimum atomic E-state index is -0.940. The fourth-order valence-corrected chi connectivity index (χ4v) is 3.86. The Balaban J connectivity index is 1.68. The SMILES string of the molecule is CCOC(=O)C1(c2ccc(N3C(=O)c4c(F)ccc(F)c4C3=O)cc2)CCC1. The molecule has 2 aromatic rings. The van der Waals surface area contributed by atoms with Gasteiger partial charge in [-0.05, 0) is 49.6 Å². The van der Waals surface area contributed by atoms with Gasteiger partial charge in [-0.3, -0.25) is 14.4 Å². The van der Waals surface area contributed by atoms with E-state index in [1.54, 1.807) is 19.1 Å². The number of amides is 2. The number of carbonyl (C=O) groups excluding carboxylic acids is 3. The van der Waals surface area contributed by atoms with Crippen LogP contribution in [0.4, 0.5) is 14.5 Å². The normalized spacial score (nSPS) is 17.3. The lowest BCUT2D eigenvalue weighted by Gasteiger charge is -2.39. The molecular formula is C21H17F2NO4. The lowest BCUT2D eigenvalue weighted by Crippen LogP contribution is -2.43. The fourth-order valence-electron chi connectivity index (χ4n) is 3.86. The van der Waals surface area contributed by atoms with Gasteiger partial charge in [-0.15, -0.1) is 0 Å². The molecule has 5 nitrogen and oxygen atoms in total. The van der Waals surface area contributed by atoms with Crippen molar-refractivity contribution in [1.82, 2.24) is 0 Å². The van der Waals surface area contributed by atoms with E-state index in [9.17, 15) is 23.2 Å². The summed E-state index contributed by atoms with van der Waals surface area (Å²) >= 11 is 0. The van der Waals surface area contributed by atoms with E-state index in [1.807, 2.05) is 0 Å². The fraction of sp³-hybridized carbons (Fsp3) is 0.286. The molecule has 28 heavy (non-hydrogen) atoms. The molecule has 2 aromatic carbocycles. The van der Waals surface area contributed by atoms with Crippen LogP contribution >= 0.6 is 0 Å². The largest absolute Gasteiger partial charge is 0.465 e. The van der Waals surface area contributed by atoms with Gasteiger partial charge in [-0.25, -0.2) is 13.7 Å². The first-order valence-corrected chi connectivity index (χ1v) is 9.05. The lowest BCUT2D eigenvalue weighted by molar-refractivity contribution is -0.153. The van der Waals surface area contributed by atoms with Crippen molar-refractivity contribution in [2.24, 2.45) is 0 Å². The van der Waals surface area contributed by atoms with Crippen LogP contribution in [0.3, 0.4) is 0 Å². The first-order valence-electron chi connectivity index (χ1n) is 9.05. The van der Waals surface area contributed by atoms with Crippen molar-refractivity contribution in [3.05, 3.63) is 64.7 Å². The van der Waals surface area contributed by atoms with E-state index in [4.69, 9.17) is 4.74 Å². The first kappa shape index (κ1) is 18.3. The number of anilines is 1. The molecule has 1 heterocycles. The Bertz CT molecular complexity index is 955. The molecule has 0 bridgehead atoms. The third-order valence-corrected chi connectivity index (χ3v) is 5.49. The summed E-state index contributed by atoms with van der Waals surface area (Å²) in [5, 5.41) is 0. The summed E-state index contributed by atoms with van der Waals surface area (Å²) in [6, 6.07) is 7.97. The van der Waals surface area contributed by atoms with E-state index in [0.29, 0.717) is 12.8 Å². The summed E-state index contributed by atoms with van der Waals surface area (Å²) in [4.78, 5) is 38.2. The quantitative estimate of drug-likeness (QED) is 0.594. The smallest absolute Gasteiger partial charge is 0.316 e. The second-order valence-electron chi connectivity index (χ2n) is 6.93. The number of fused-ring (bicyclic) bond motifs is 1. The van der Waals surface area contributed by atoms with Crippen LogP contribution < -0.4 is 4.90 Å². The lowest BCUT2D eigenvalue weighted by atomic mass is 9.64. The van der Waals surface area contributed by atoms with Gasteiger partial charge in [0.25, 0.3) is 11.8 Å². The molecule has 144 valence electrons. The summed E-state index contributed by atoms with van der Waals surface area (Å²) < 4.78 is 33.2.